The molecule has 2 rings (SSSR count). The molecule has 0 atom stereocenters. The molecule has 0 aliphatic carbocycles. The zero-order valence-electron chi connectivity index (χ0n) is 10.9. The number of benzene rings is 2. The molecule has 102 valence electrons. The Hall–Kier alpha value is -2.62. The minimum Gasteiger partial charge on any atom is -0.478 e. The summed E-state index contributed by atoms with van der Waals surface area (Å²) in [5.41, 5.74) is 2.49. The van der Waals surface area contributed by atoms with E-state index < -0.39 is 5.97 Å². The molecule has 0 unspecified atom stereocenters. The molecular formula is C16H15NO3. The molecule has 0 heterocycles. The first kappa shape index (κ1) is 13.8. The summed E-state index contributed by atoms with van der Waals surface area (Å²) in [4.78, 5) is 21.8. The highest BCUT2D eigenvalue weighted by Crippen LogP contribution is 2.22. The minimum atomic E-state index is -1.05. The topological polar surface area (TPSA) is 66.4 Å². The molecule has 0 aliphatic rings. The van der Waals surface area contributed by atoms with Crippen molar-refractivity contribution in [1.82, 2.24) is 0 Å². The van der Waals surface area contributed by atoms with Crippen LogP contribution in [0.3, 0.4) is 0 Å². The van der Waals surface area contributed by atoms with Crippen LogP contribution in [0.2, 0.25) is 0 Å². The highest BCUT2D eigenvalue weighted by atomic mass is 16.4. The summed E-state index contributed by atoms with van der Waals surface area (Å²) in [6.07, 6.45) is 1.96. The van der Waals surface area contributed by atoms with Crippen molar-refractivity contribution < 1.29 is 14.7 Å². The number of amides is 1. The number of aryl methyl sites for hydroxylation is 2. The van der Waals surface area contributed by atoms with E-state index in [1.807, 2.05) is 36.4 Å². The molecule has 2 N–H and O–H groups in total. The maximum absolute atomic E-state index is 11.2. The SMILES string of the molecule is O=CNc1c(CCc2ccccc2)cccc1C(=O)O. The molecule has 1 amide bonds. The first-order valence-electron chi connectivity index (χ1n) is 6.31. The molecule has 0 fully saturated rings. The average Bonchev–Trinajstić information content (AvgIpc) is 2.47. The molecule has 2 aromatic rings. The Morgan fingerprint density at radius 3 is 2.45 bits per heavy atom. The molecule has 4 heteroatoms. The number of nitrogens with one attached hydrogen (secondary N) is 1. The molecule has 0 saturated heterocycles. The summed E-state index contributed by atoms with van der Waals surface area (Å²) in [7, 11) is 0. The Kier molecular flexibility index (Phi) is 4.50. The lowest BCUT2D eigenvalue weighted by molar-refractivity contribution is -0.105. The summed E-state index contributed by atoms with van der Waals surface area (Å²) >= 11 is 0. The quantitative estimate of drug-likeness (QED) is 0.792. The zero-order chi connectivity index (χ0) is 14.4. The minimum absolute atomic E-state index is 0.114. The van der Waals surface area contributed by atoms with Gasteiger partial charge in [0.25, 0.3) is 0 Å². The van der Waals surface area contributed by atoms with Crippen LogP contribution < -0.4 is 5.32 Å². The number of rotatable bonds is 6. The predicted molar refractivity (Wildman–Crippen MR) is 76.9 cm³/mol. The molecular weight excluding hydrogens is 254 g/mol. The van der Waals surface area contributed by atoms with Crippen molar-refractivity contribution in [2.75, 3.05) is 5.32 Å². The number of carbonyl (C=O) groups is 2. The van der Waals surface area contributed by atoms with E-state index in [1.165, 1.54) is 11.6 Å². The molecule has 0 aliphatic heterocycles. The van der Waals surface area contributed by atoms with Crippen molar-refractivity contribution in [3.05, 3.63) is 65.2 Å². The van der Waals surface area contributed by atoms with E-state index in [0.29, 0.717) is 18.5 Å². The van der Waals surface area contributed by atoms with Crippen LogP contribution in [-0.4, -0.2) is 17.5 Å². The van der Waals surface area contributed by atoms with Crippen LogP contribution in [0.1, 0.15) is 21.5 Å². The smallest absolute Gasteiger partial charge is 0.337 e. The van der Waals surface area contributed by atoms with Crippen molar-refractivity contribution in [2.45, 2.75) is 12.8 Å². The second-order valence-electron chi connectivity index (χ2n) is 4.39. The number of hydrogen-bond acceptors (Lipinski definition) is 2. The third kappa shape index (κ3) is 3.23. The largest absolute Gasteiger partial charge is 0.478 e. The first-order chi connectivity index (χ1) is 9.72. The number of carbonyl (C=O) groups excluding carboxylic acids is 1. The van der Waals surface area contributed by atoms with Gasteiger partial charge in [0.2, 0.25) is 6.41 Å². The third-order valence-corrected chi connectivity index (χ3v) is 3.11. The Morgan fingerprint density at radius 1 is 1.05 bits per heavy atom. The standard InChI is InChI=1S/C16H15NO3/c18-11-17-15-13(7-4-8-14(15)16(19)20)10-9-12-5-2-1-3-6-12/h1-8,11H,9-10H2,(H,17,18)(H,19,20). The van der Waals surface area contributed by atoms with Crippen LogP contribution in [0.15, 0.2) is 48.5 Å². The molecule has 20 heavy (non-hydrogen) atoms. The fraction of sp³-hybridized carbons (Fsp3) is 0.125. The van der Waals surface area contributed by atoms with Gasteiger partial charge in [0.05, 0.1) is 11.3 Å². The average molecular weight is 269 g/mol. The number of para-hydroxylation sites is 1. The molecule has 4 nitrogen and oxygen atoms in total. The Balaban J connectivity index is 2.24. The van der Waals surface area contributed by atoms with Crippen LogP contribution in [0, 0.1) is 0 Å². The maximum Gasteiger partial charge on any atom is 0.337 e. The van der Waals surface area contributed by atoms with E-state index in [0.717, 1.165) is 12.0 Å². The second kappa shape index (κ2) is 6.52. The van der Waals surface area contributed by atoms with Gasteiger partial charge in [-0.3, -0.25) is 4.79 Å². The summed E-state index contributed by atoms with van der Waals surface area (Å²) < 4.78 is 0. The Bertz CT molecular complexity index is 608. The number of aromatic carboxylic acids is 1. The second-order valence-corrected chi connectivity index (χ2v) is 4.39. The van der Waals surface area contributed by atoms with Crippen molar-refractivity contribution in [3.63, 3.8) is 0 Å². The fourth-order valence-electron chi connectivity index (χ4n) is 2.14. The van der Waals surface area contributed by atoms with Gasteiger partial charge < -0.3 is 10.4 Å². The van der Waals surface area contributed by atoms with E-state index >= 15 is 0 Å². The van der Waals surface area contributed by atoms with Crippen molar-refractivity contribution in [1.29, 1.82) is 0 Å². The van der Waals surface area contributed by atoms with E-state index in [1.54, 1.807) is 6.07 Å². The summed E-state index contributed by atoms with van der Waals surface area (Å²) in [5.74, 6) is -1.05. The van der Waals surface area contributed by atoms with Gasteiger partial charge >= 0.3 is 5.97 Å². The first-order valence-corrected chi connectivity index (χ1v) is 6.31. The lowest BCUT2D eigenvalue weighted by Crippen LogP contribution is -2.08. The van der Waals surface area contributed by atoms with Gasteiger partial charge in [-0.05, 0) is 30.0 Å². The van der Waals surface area contributed by atoms with Crippen LogP contribution in [-0.2, 0) is 17.6 Å². The van der Waals surface area contributed by atoms with Crippen LogP contribution >= 0.6 is 0 Å². The molecule has 0 saturated carbocycles. The molecule has 0 aromatic heterocycles. The summed E-state index contributed by atoms with van der Waals surface area (Å²) in [5, 5.41) is 11.6. The van der Waals surface area contributed by atoms with Gasteiger partial charge in [-0.2, -0.15) is 0 Å². The number of hydrogen-bond donors (Lipinski definition) is 2. The van der Waals surface area contributed by atoms with E-state index in [2.05, 4.69) is 5.32 Å². The number of carboxylic acid groups (broad SMARTS) is 1. The highest BCUT2D eigenvalue weighted by molar-refractivity contribution is 5.97. The van der Waals surface area contributed by atoms with E-state index in [9.17, 15) is 9.59 Å². The van der Waals surface area contributed by atoms with Crippen molar-refractivity contribution in [3.8, 4) is 0 Å². The van der Waals surface area contributed by atoms with Crippen LogP contribution in [0.4, 0.5) is 5.69 Å². The van der Waals surface area contributed by atoms with Crippen LogP contribution in [0.5, 0.6) is 0 Å². The molecule has 0 spiro atoms. The summed E-state index contributed by atoms with van der Waals surface area (Å²) in [6.45, 7) is 0. The predicted octanol–water partition coefficient (Wildman–Crippen LogP) is 2.74. The van der Waals surface area contributed by atoms with E-state index in [4.69, 9.17) is 5.11 Å². The fourth-order valence-corrected chi connectivity index (χ4v) is 2.14. The van der Waals surface area contributed by atoms with Gasteiger partial charge in [0, 0.05) is 0 Å². The van der Waals surface area contributed by atoms with Crippen molar-refractivity contribution >= 4 is 18.1 Å². The lowest BCUT2D eigenvalue weighted by Gasteiger charge is -2.11. The molecule has 0 bridgehead atoms. The number of carboxylic acids is 1. The highest BCUT2D eigenvalue weighted by Gasteiger charge is 2.13. The van der Waals surface area contributed by atoms with Gasteiger partial charge in [-0.15, -0.1) is 0 Å². The Morgan fingerprint density at radius 2 is 1.80 bits per heavy atom. The Labute approximate surface area is 117 Å². The third-order valence-electron chi connectivity index (χ3n) is 3.11. The normalized spacial score (nSPS) is 10.0. The number of anilines is 1. The van der Waals surface area contributed by atoms with Crippen LogP contribution in [0.25, 0.3) is 0 Å². The van der Waals surface area contributed by atoms with E-state index in [-0.39, 0.29) is 5.56 Å². The van der Waals surface area contributed by atoms with Gasteiger partial charge in [-0.25, -0.2) is 4.79 Å². The zero-order valence-corrected chi connectivity index (χ0v) is 10.9. The molecule has 2 aromatic carbocycles. The van der Waals surface area contributed by atoms with Gasteiger partial charge in [0.1, 0.15) is 0 Å². The molecule has 0 radical (unpaired) electrons. The van der Waals surface area contributed by atoms with Crippen molar-refractivity contribution in [2.24, 2.45) is 0 Å². The monoisotopic (exact) mass is 269 g/mol. The summed E-state index contributed by atoms with van der Waals surface area (Å²) in [6, 6.07) is 14.9. The van der Waals surface area contributed by atoms with Gasteiger partial charge in [-0.1, -0.05) is 42.5 Å². The lowest BCUT2D eigenvalue weighted by atomic mass is 10.00. The maximum atomic E-state index is 11.2. The van der Waals surface area contributed by atoms with Gasteiger partial charge in [0.15, 0.2) is 0 Å².